The third-order valence-corrected chi connectivity index (χ3v) is 4.15. The van der Waals surface area contributed by atoms with E-state index >= 15 is 0 Å². The quantitative estimate of drug-likeness (QED) is 0.312. The number of hydrogen-bond acceptors (Lipinski definition) is 9. The lowest BCUT2D eigenvalue weighted by atomic mass is 10.1. The van der Waals surface area contributed by atoms with Crippen LogP contribution in [0.1, 0.15) is 38.2 Å². The molecule has 0 spiro atoms. The van der Waals surface area contributed by atoms with Crippen molar-refractivity contribution in [1.29, 1.82) is 0 Å². The van der Waals surface area contributed by atoms with Crippen LogP contribution in [-0.4, -0.2) is 48.5 Å². The maximum atomic E-state index is 5.92. The normalized spacial score (nSPS) is 13.7. The standard InChI is InChI=1S/C21H26N4O5/c1-3-4-5-8-13-27-18-11-12-22-21(23-18)30-17-10-7-6-9-16(17)19(24-26-2)20-25-29-15-14-28-20/h6-7,9-12H,3-5,8,13-15H2,1-2H3/b24-19-. The van der Waals surface area contributed by atoms with Gasteiger partial charge in [0.1, 0.15) is 19.5 Å². The molecule has 0 N–H and O–H groups in total. The molecule has 9 heteroatoms. The van der Waals surface area contributed by atoms with E-state index < -0.39 is 0 Å². The van der Waals surface area contributed by atoms with Gasteiger partial charge in [-0.25, -0.2) is 4.98 Å². The molecule has 30 heavy (non-hydrogen) atoms. The largest absolute Gasteiger partial charge is 0.478 e. The number of hydrogen-bond donors (Lipinski definition) is 0. The molecule has 3 rings (SSSR count). The summed E-state index contributed by atoms with van der Waals surface area (Å²) in [6.07, 6.45) is 6.10. The minimum absolute atomic E-state index is 0.160. The molecule has 1 aromatic heterocycles. The van der Waals surface area contributed by atoms with E-state index in [2.05, 4.69) is 27.2 Å². The van der Waals surface area contributed by atoms with Crippen molar-refractivity contribution in [2.75, 3.05) is 26.9 Å². The Morgan fingerprint density at radius 1 is 1.13 bits per heavy atom. The van der Waals surface area contributed by atoms with Gasteiger partial charge in [0.05, 0.1) is 12.2 Å². The van der Waals surface area contributed by atoms with Crippen LogP contribution in [0.4, 0.5) is 0 Å². The Morgan fingerprint density at radius 2 is 2.03 bits per heavy atom. The van der Waals surface area contributed by atoms with Crippen molar-refractivity contribution in [3.63, 3.8) is 0 Å². The van der Waals surface area contributed by atoms with Gasteiger partial charge in [0.2, 0.25) is 5.88 Å². The Morgan fingerprint density at radius 3 is 2.83 bits per heavy atom. The summed E-state index contributed by atoms with van der Waals surface area (Å²) < 4.78 is 17.2. The molecular weight excluding hydrogens is 388 g/mol. The molecule has 1 aromatic carbocycles. The van der Waals surface area contributed by atoms with Gasteiger partial charge in [0.15, 0.2) is 12.3 Å². The molecule has 0 saturated carbocycles. The van der Waals surface area contributed by atoms with Crippen LogP contribution in [0.3, 0.4) is 0 Å². The van der Waals surface area contributed by atoms with Gasteiger partial charge in [-0.2, -0.15) is 4.98 Å². The van der Waals surface area contributed by atoms with E-state index in [4.69, 9.17) is 23.9 Å². The summed E-state index contributed by atoms with van der Waals surface area (Å²) in [6.45, 7) is 3.52. The predicted molar refractivity (Wildman–Crippen MR) is 111 cm³/mol. The van der Waals surface area contributed by atoms with Crippen LogP contribution in [0.15, 0.2) is 46.8 Å². The summed E-state index contributed by atoms with van der Waals surface area (Å²) in [6, 6.07) is 9.12. The molecule has 0 radical (unpaired) electrons. The minimum Gasteiger partial charge on any atom is -0.478 e. The van der Waals surface area contributed by atoms with Gasteiger partial charge in [-0.05, 0) is 23.7 Å². The lowest BCUT2D eigenvalue weighted by Gasteiger charge is -2.16. The van der Waals surface area contributed by atoms with Gasteiger partial charge in [-0.1, -0.05) is 43.5 Å². The highest BCUT2D eigenvalue weighted by atomic mass is 16.7. The summed E-state index contributed by atoms with van der Waals surface area (Å²) >= 11 is 0. The first kappa shape index (κ1) is 21.4. The van der Waals surface area contributed by atoms with Gasteiger partial charge in [0.25, 0.3) is 5.90 Å². The Hall–Kier alpha value is -3.36. The average molecular weight is 414 g/mol. The van der Waals surface area contributed by atoms with Crippen LogP contribution in [0.25, 0.3) is 0 Å². The Bertz CT molecular complexity index is 872. The number of nitrogens with zero attached hydrogens (tertiary/aromatic N) is 4. The molecule has 1 aliphatic rings. The fraction of sp³-hybridized carbons (Fsp3) is 0.429. The lowest BCUT2D eigenvalue weighted by molar-refractivity contribution is 0.0672. The SMILES string of the molecule is CCCCCCOc1ccnc(Oc2ccccc2/C(=N/OC)C2=NOCCO2)n1. The molecule has 2 aromatic rings. The topological polar surface area (TPSA) is 96.7 Å². The number of rotatable bonds is 11. The van der Waals surface area contributed by atoms with Crippen LogP contribution >= 0.6 is 0 Å². The van der Waals surface area contributed by atoms with Crippen molar-refractivity contribution in [3.8, 4) is 17.6 Å². The summed E-state index contributed by atoms with van der Waals surface area (Å²) in [5.41, 5.74) is 0.939. The highest BCUT2D eigenvalue weighted by molar-refractivity contribution is 6.45. The second-order valence-corrected chi connectivity index (χ2v) is 6.39. The fourth-order valence-corrected chi connectivity index (χ4v) is 2.72. The smallest absolute Gasteiger partial charge is 0.325 e. The molecule has 0 fully saturated rings. The summed E-state index contributed by atoms with van der Waals surface area (Å²) in [5.74, 6) is 1.14. The van der Waals surface area contributed by atoms with E-state index in [9.17, 15) is 0 Å². The van der Waals surface area contributed by atoms with Crippen LogP contribution in [0, 0.1) is 0 Å². The highest BCUT2D eigenvalue weighted by Gasteiger charge is 2.22. The van der Waals surface area contributed by atoms with Crippen LogP contribution in [0.2, 0.25) is 0 Å². The molecule has 0 atom stereocenters. The predicted octanol–water partition coefficient (Wildman–Crippen LogP) is 3.94. The molecule has 0 unspecified atom stereocenters. The van der Waals surface area contributed by atoms with Crippen molar-refractivity contribution in [2.45, 2.75) is 32.6 Å². The zero-order valence-corrected chi connectivity index (χ0v) is 17.2. The van der Waals surface area contributed by atoms with Crippen molar-refractivity contribution < 1.29 is 23.9 Å². The molecular formula is C21H26N4O5. The molecule has 0 aliphatic carbocycles. The van der Waals surface area contributed by atoms with Gasteiger partial charge < -0.3 is 23.9 Å². The van der Waals surface area contributed by atoms with Crippen LogP contribution < -0.4 is 9.47 Å². The van der Waals surface area contributed by atoms with Gasteiger partial charge in [0, 0.05) is 12.3 Å². The molecule has 2 heterocycles. The number of benzene rings is 1. The zero-order chi connectivity index (χ0) is 21.0. The van der Waals surface area contributed by atoms with Crippen LogP contribution in [0.5, 0.6) is 17.6 Å². The zero-order valence-electron chi connectivity index (χ0n) is 17.2. The van der Waals surface area contributed by atoms with Gasteiger partial charge in [-0.3, -0.25) is 0 Å². The maximum Gasteiger partial charge on any atom is 0.325 e. The Labute approximate surface area is 175 Å². The first-order valence-corrected chi connectivity index (χ1v) is 9.99. The number of unbranched alkanes of at least 4 members (excludes halogenated alkanes) is 3. The first-order chi connectivity index (χ1) is 14.8. The summed E-state index contributed by atoms with van der Waals surface area (Å²) in [4.78, 5) is 18.6. The number of oxime groups is 2. The van der Waals surface area contributed by atoms with E-state index in [-0.39, 0.29) is 11.9 Å². The summed E-state index contributed by atoms with van der Waals surface area (Å²) in [5, 5.41) is 7.96. The number of aromatic nitrogens is 2. The van der Waals surface area contributed by atoms with Crippen LogP contribution in [-0.2, 0) is 14.4 Å². The Balaban J connectivity index is 1.75. The minimum atomic E-state index is 0.160. The first-order valence-electron chi connectivity index (χ1n) is 9.99. The number of ether oxygens (including phenoxy) is 3. The molecule has 1 aliphatic heterocycles. The molecule has 0 bridgehead atoms. The maximum absolute atomic E-state index is 5.92. The Kier molecular flexibility index (Phi) is 8.25. The second kappa shape index (κ2) is 11.6. The molecule has 0 saturated heterocycles. The second-order valence-electron chi connectivity index (χ2n) is 6.39. The highest BCUT2D eigenvalue weighted by Crippen LogP contribution is 2.25. The molecule has 0 amide bonds. The third kappa shape index (κ3) is 6.07. The third-order valence-electron chi connectivity index (χ3n) is 4.15. The van der Waals surface area contributed by atoms with Crippen molar-refractivity contribution in [2.24, 2.45) is 10.3 Å². The number of para-hydroxylation sites is 1. The fourth-order valence-electron chi connectivity index (χ4n) is 2.72. The van der Waals surface area contributed by atoms with Crippen molar-refractivity contribution in [1.82, 2.24) is 9.97 Å². The molecule has 9 nitrogen and oxygen atoms in total. The van der Waals surface area contributed by atoms with Crippen molar-refractivity contribution >= 4 is 11.6 Å². The van der Waals surface area contributed by atoms with E-state index in [0.717, 1.165) is 12.8 Å². The van der Waals surface area contributed by atoms with Crippen molar-refractivity contribution in [3.05, 3.63) is 42.1 Å². The lowest BCUT2D eigenvalue weighted by Crippen LogP contribution is -2.25. The van der Waals surface area contributed by atoms with E-state index in [1.165, 1.54) is 20.0 Å². The van der Waals surface area contributed by atoms with E-state index in [1.807, 2.05) is 18.2 Å². The van der Waals surface area contributed by atoms with Gasteiger partial charge in [-0.15, -0.1) is 0 Å². The molecule has 160 valence electrons. The monoisotopic (exact) mass is 414 g/mol. The van der Waals surface area contributed by atoms with Gasteiger partial charge >= 0.3 is 6.01 Å². The van der Waals surface area contributed by atoms with E-state index in [0.29, 0.717) is 42.7 Å². The van der Waals surface area contributed by atoms with E-state index in [1.54, 1.807) is 18.3 Å². The summed E-state index contributed by atoms with van der Waals surface area (Å²) in [7, 11) is 1.44. The average Bonchev–Trinajstić information content (AvgIpc) is 2.79.